The van der Waals surface area contributed by atoms with Crippen molar-refractivity contribution in [3.63, 3.8) is 0 Å². The molecule has 33 heavy (non-hydrogen) atoms. The first kappa shape index (κ1) is 20.6. The summed E-state index contributed by atoms with van der Waals surface area (Å²) in [4.78, 5) is 21.2. The van der Waals surface area contributed by atoms with Crippen molar-refractivity contribution >= 4 is 6.29 Å². The predicted octanol–water partition coefficient (Wildman–Crippen LogP) is 5.52. The molecule has 160 valence electrons. The molecule has 0 saturated heterocycles. The zero-order valence-electron chi connectivity index (χ0n) is 18.1. The molecule has 0 saturated carbocycles. The molecule has 2 aromatic heterocycles. The Morgan fingerprint density at radius 1 is 0.697 bits per heavy atom. The Morgan fingerprint density at radius 3 is 1.64 bits per heavy atom. The van der Waals surface area contributed by atoms with Crippen molar-refractivity contribution in [2.45, 2.75) is 12.0 Å². The van der Waals surface area contributed by atoms with Gasteiger partial charge in [-0.1, -0.05) is 91.0 Å². The van der Waals surface area contributed by atoms with Gasteiger partial charge in [0.1, 0.15) is 5.54 Å². The van der Waals surface area contributed by atoms with Crippen molar-refractivity contribution in [3.8, 4) is 0 Å². The van der Waals surface area contributed by atoms with Crippen molar-refractivity contribution in [3.05, 3.63) is 155 Å². The second-order valence-electron chi connectivity index (χ2n) is 7.92. The van der Waals surface area contributed by atoms with E-state index in [1.807, 2.05) is 77.5 Å². The molecule has 0 amide bonds. The summed E-state index contributed by atoms with van der Waals surface area (Å²) in [5, 5.41) is 0. The Bertz CT molecular complexity index is 1230. The third-order valence-electron chi connectivity index (χ3n) is 5.96. The summed E-state index contributed by atoms with van der Waals surface area (Å²) in [5.41, 5.74) is 4.33. The fourth-order valence-electron chi connectivity index (χ4n) is 4.55. The lowest BCUT2D eigenvalue weighted by Crippen LogP contribution is -2.38. The largest absolute Gasteiger partial charge is 0.310 e. The molecular formula is C29H23N3O. The van der Waals surface area contributed by atoms with Crippen LogP contribution in [0.4, 0.5) is 0 Å². The van der Waals surface area contributed by atoms with E-state index in [4.69, 9.17) is 4.98 Å². The van der Waals surface area contributed by atoms with Gasteiger partial charge < -0.3 is 4.57 Å². The fourth-order valence-corrected chi connectivity index (χ4v) is 4.55. The molecule has 4 nitrogen and oxygen atoms in total. The molecule has 5 rings (SSSR count). The third kappa shape index (κ3) is 3.76. The number of imidazole rings is 1. The molecule has 2 heterocycles. The highest BCUT2D eigenvalue weighted by Gasteiger charge is 2.40. The van der Waals surface area contributed by atoms with Gasteiger partial charge in [-0.2, -0.15) is 0 Å². The first-order valence-electron chi connectivity index (χ1n) is 10.9. The van der Waals surface area contributed by atoms with Gasteiger partial charge in [0, 0.05) is 25.0 Å². The Morgan fingerprint density at radius 2 is 1.18 bits per heavy atom. The highest BCUT2D eigenvalue weighted by atomic mass is 16.1. The Kier molecular flexibility index (Phi) is 5.64. The first-order chi connectivity index (χ1) is 16.3. The molecule has 5 aromatic rings. The lowest BCUT2D eigenvalue weighted by molar-refractivity contribution is 0.110. The highest BCUT2D eigenvalue weighted by molar-refractivity contribution is 5.71. The molecule has 0 fully saturated rings. The minimum Gasteiger partial charge on any atom is -0.310 e. The van der Waals surface area contributed by atoms with Crippen LogP contribution in [0.15, 0.2) is 122 Å². The van der Waals surface area contributed by atoms with Crippen molar-refractivity contribution < 1.29 is 4.79 Å². The van der Waals surface area contributed by atoms with E-state index in [1.54, 1.807) is 12.4 Å². The van der Waals surface area contributed by atoms with Crippen LogP contribution >= 0.6 is 0 Å². The van der Waals surface area contributed by atoms with E-state index in [2.05, 4.69) is 41.4 Å². The lowest BCUT2D eigenvalue weighted by atomic mass is 9.76. The van der Waals surface area contributed by atoms with Crippen molar-refractivity contribution in [1.29, 1.82) is 0 Å². The van der Waals surface area contributed by atoms with Crippen LogP contribution in [0.2, 0.25) is 0 Å². The van der Waals surface area contributed by atoms with Gasteiger partial charge >= 0.3 is 0 Å². The zero-order chi connectivity index (χ0) is 22.5. The topological polar surface area (TPSA) is 47.8 Å². The van der Waals surface area contributed by atoms with Gasteiger partial charge in [-0.15, -0.1) is 0 Å². The molecule has 0 aliphatic carbocycles. The van der Waals surface area contributed by atoms with E-state index in [0.29, 0.717) is 12.2 Å². The molecule has 0 bridgehead atoms. The Balaban J connectivity index is 1.81. The third-order valence-corrected chi connectivity index (χ3v) is 5.96. The maximum atomic E-state index is 12.3. The van der Waals surface area contributed by atoms with Crippen LogP contribution in [0, 0.1) is 0 Å². The summed E-state index contributed by atoms with van der Waals surface area (Å²) in [5.74, 6) is 0.385. The van der Waals surface area contributed by atoms with Gasteiger partial charge in [0.2, 0.25) is 0 Å². The van der Waals surface area contributed by atoms with Crippen LogP contribution in [0.3, 0.4) is 0 Å². The minimum absolute atomic E-state index is 0.385. The second kappa shape index (κ2) is 9.05. The number of benzene rings is 3. The zero-order valence-corrected chi connectivity index (χ0v) is 18.1. The molecule has 0 spiro atoms. The number of rotatable bonds is 7. The van der Waals surface area contributed by atoms with Gasteiger partial charge in [-0.3, -0.25) is 9.78 Å². The summed E-state index contributed by atoms with van der Waals surface area (Å²) >= 11 is 0. The molecule has 0 atom stereocenters. The van der Waals surface area contributed by atoms with E-state index in [9.17, 15) is 4.79 Å². The fraction of sp³-hybridized carbons (Fsp3) is 0.0690. The van der Waals surface area contributed by atoms with E-state index in [-0.39, 0.29) is 0 Å². The van der Waals surface area contributed by atoms with Crippen LogP contribution in [0.1, 0.15) is 38.6 Å². The number of aldehydes is 1. The number of hydrogen-bond acceptors (Lipinski definition) is 3. The Hall–Kier alpha value is -4.31. The standard InChI is InChI=1S/C29H23N3O/c33-22-28-31-27(20-23-16-18-30-19-17-23)21-32(28)29(24-10-4-1-5-11-24,25-12-6-2-7-13-25)26-14-8-3-9-15-26/h1-19,21-22H,20H2. The van der Waals surface area contributed by atoms with Crippen LogP contribution in [-0.2, 0) is 12.0 Å². The molecule has 0 unspecified atom stereocenters. The number of carbonyl (C=O) groups excluding carboxylic acids is 1. The first-order valence-corrected chi connectivity index (χ1v) is 10.9. The molecule has 0 aliphatic heterocycles. The predicted molar refractivity (Wildman–Crippen MR) is 129 cm³/mol. The van der Waals surface area contributed by atoms with Crippen molar-refractivity contribution in [1.82, 2.24) is 14.5 Å². The summed E-state index contributed by atoms with van der Waals surface area (Å²) in [6.07, 6.45) is 7.02. The molecule has 0 aliphatic rings. The molecule has 0 radical (unpaired) electrons. The van der Waals surface area contributed by atoms with Crippen LogP contribution < -0.4 is 0 Å². The monoisotopic (exact) mass is 429 g/mol. The van der Waals surface area contributed by atoms with Crippen LogP contribution in [-0.4, -0.2) is 20.8 Å². The lowest BCUT2D eigenvalue weighted by Gasteiger charge is -2.38. The van der Waals surface area contributed by atoms with Gasteiger partial charge in [-0.25, -0.2) is 4.98 Å². The van der Waals surface area contributed by atoms with E-state index >= 15 is 0 Å². The van der Waals surface area contributed by atoms with Gasteiger partial charge in [0.05, 0.1) is 5.69 Å². The average molecular weight is 430 g/mol. The normalized spacial score (nSPS) is 11.3. The van der Waals surface area contributed by atoms with Crippen molar-refractivity contribution in [2.24, 2.45) is 0 Å². The quantitative estimate of drug-likeness (QED) is 0.253. The number of hydrogen-bond donors (Lipinski definition) is 0. The van der Waals surface area contributed by atoms with Crippen molar-refractivity contribution in [2.75, 3.05) is 0 Å². The highest BCUT2D eigenvalue weighted by Crippen LogP contribution is 2.41. The maximum Gasteiger partial charge on any atom is 0.185 e. The summed E-state index contributed by atoms with van der Waals surface area (Å²) in [6, 6.07) is 34.8. The van der Waals surface area contributed by atoms with E-state index in [1.165, 1.54) is 0 Å². The van der Waals surface area contributed by atoms with E-state index < -0.39 is 5.54 Å². The van der Waals surface area contributed by atoms with Crippen LogP contribution in [0.25, 0.3) is 0 Å². The number of nitrogens with zero attached hydrogens (tertiary/aromatic N) is 3. The summed E-state index contributed by atoms with van der Waals surface area (Å²) < 4.78 is 2.02. The van der Waals surface area contributed by atoms with Gasteiger partial charge in [0.15, 0.2) is 12.1 Å². The smallest absolute Gasteiger partial charge is 0.185 e. The minimum atomic E-state index is -0.760. The summed E-state index contributed by atoms with van der Waals surface area (Å²) in [6.45, 7) is 0. The Labute approximate surface area is 193 Å². The number of carbonyl (C=O) groups is 1. The van der Waals surface area contributed by atoms with Crippen LogP contribution in [0.5, 0.6) is 0 Å². The molecule has 0 N–H and O–H groups in total. The molecule has 4 heteroatoms. The molecule has 3 aromatic carbocycles. The SMILES string of the molecule is O=Cc1nc(Cc2ccncc2)cn1C(c1ccccc1)(c1ccccc1)c1ccccc1. The van der Waals surface area contributed by atoms with Gasteiger partial charge in [0.25, 0.3) is 0 Å². The van der Waals surface area contributed by atoms with E-state index in [0.717, 1.165) is 34.2 Å². The number of pyridine rings is 1. The average Bonchev–Trinajstić information content (AvgIpc) is 3.30. The summed E-state index contributed by atoms with van der Waals surface area (Å²) in [7, 11) is 0. The second-order valence-corrected chi connectivity index (χ2v) is 7.92. The van der Waals surface area contributed by atoms with Gasteiger partial charge in [-0.05, 0) is 34.4 Å². The maximum absolute atomic E-state index is 12.3. The number of aromatic nitrogens is 3. The molecular weight excluding hydrogens is 406 g/mol.